The summed E-state index contributed by atoms with van der Waals surface area (Å²) < 4.78 is 10.2. The molecule has 0 bridgehead atoms. The average Bonchev–Trinajstić information content (AvgIpc) is 2.40. The molecule has 0 aromatic rings. The standard InChI is InChI=1S/C14H32N2O2/c1-5-14(6-2)16(11-13-18-4)10-9-15-8-7-12-17-3/h14-15H,5-13H2,1-4H3. The second-order valence-corrected chi connectivity index (χ2v) is 4.60. The van der Waals surface area contributed by atoms with Gasteiger partial charge in [0.1, 0.15) is 0 Å². The van der Waals surface area contributed by atoms with Crippen LogP contribution >= 0.6 is 0 Å². The van der Waals surface area contributed by atoms with Crippen molar-refractivity contribution in [1.82, 2.24) is 10.2 Å². The average molecular weight is 260 g/mol. The number of nitrogens with zero attached hydrogens (tertiary/aromatic N) is 1. The van der Waals surface area contributed by atoms with Gasteiger partial charge in [-0.05, 0) is 25.8 Å². The number of methoxy groups -OCH3 is 2. The maximum Gasteiger partial charge on any atom is 0.0589 e. The smallest absolute Gasteiger partial charge is 0.0589 e. The highest BCUT2D eigenvalue weighted by Crippen LogP contribution is 2.07. The van der Waals surface area contributed by atoms with E-state index in [0.717, 1.165) is 45.8 Å². The molecule has 1 N–H and O–H groups in total. The van der Waals surface area contributed by atoms with E-state index in [-0.39, 0.29) is 0 Å². The lowest BCUT2D eigenvalue weighted by molar-refractivity contribution is 0.115. The highest BCUT2D eigenvalue weighted by atomic mass is 16.5. The fraction of sp³-hybridized carbons (Fsp3) is 1.00. The molecule has 4 heteroatoms. The van der Waals surface area contributed by atoms with Gasteiger partial charge in [-0.25, -0.2) is 0 Å². The summed E-state index contributed by atoms with van der Waals surface area (Å²) in [5.74, 6) is 0. The first kappa shape index (κ1) is 17.8. The molecule has 0 unspecified atom stereocenters. The second kappa shape index (κ2) is 13.3. The SMILES string of the molecule is CCC(CC)N(CCNCCCOC)CCOC. The molecule has 4 nitrogen and oxygen atoms in total. The van der Waals surface area contributed by atoms with Crippen LogP contribution in [0.15, 0.2) is 0 Å². The predicted molar refractivity (Wildman–Crippen MR) is 77.2 cm³/mol. The molecule has 0 amide bonds. The van der Waals surface area contributed by atoms with Crippen LogP contribution < -0.4 is 5.32 Å². The summed E-state index contributed by atoms with van der Waals surface area (Å²) in [6.07, 6.45) is 3.51. The van der Waals surface area contributed by atoms with Gasteiger partial charge in [0.2, 0.25) is 0 Å². The van der Waals surface area contributed by atoms with E-state index >= 15 is 0 Å². The molecule has 0 saturated carbocycles. The van der Waals surface area contributed by atoms with Crippen molar-refractivity contribution in [3.8, 4) is 0 Å². The van der Waals surface area contributed by atoms with E-state index in [1.807, 2.05) is 0 Å². The molecule has 0 radical (unpaired) electrons. The zero-order valence-electron chi connectivity index (χ0n) is 12.7. The molecule has 0 fully saturated rings. The Morgan fingerprint density at radius 3 is 2.17 bits per heavy atom. The third-order valence-corrected chi connectivity index (χ3v) is 3.32. The highest BCUT2D eigenvalue weighted by molar-refractivity contribution is 4.70. The number of hydrogen-bond donors (Lipinski definition) is 1. The third kappa shape index (κ3) is 8.86. The molecule has 0 spiro atoms. The van der Waals surface area contributed by atoms with Crippen LogP contribution in [0, 0.1) is 0 Å². The van der Waals surface area contributed by atoms with Gasteiger partial charge in [0.05, 0.1) is 6.61 Å². The molecule has 0 aliphatic carbocycles. The molecule has 0 aliphatic heterocycles. The van der Waals surface area contributed by atoms with E-state index in [4.69, 9.17) is 9.47 Å². The molecule has 0 aromatic heterocycles. The summed E-state index contributed by atoms with van der Waals surface area (Å²) >= 11 is 0. The first-order valence-electron chi connectivity index (χ1n) is 7.22. The lowest BCUT2D eigenvalue weighted by atomic mass is 10.1. The summed E-state index contributed by atoms with van der Waals surface area (Å²) in [5, 5.41) is 3.47. The Balaban J connectivity index is 3.78. The lowest BCUT2D eigenvalue weighted by Crippen LogP contribution is -2.41. The van der Waals surface area contributed by atoms with E-state index in [2.05, 4.69) is 24.1 Å². The monoisotopic (exact) mass is 260 g/mol. The van der Waals surface area contributed by atoms with Crippen LogP contribution in [0.2, 0.25) is 0 Å². The summed E-state index contributed by atoms with van der Waals surface area (Å²) in [4.78, 5) is 2.53. The largest absolute Gasteiger partial charge is 0.385 e. The quantitative estimate of drug-likeness (QED) is 0.512. The van der Waals surface area contributed by atoms with E-state index in [1.54, 1.807) is 14.2 Å². The first-order valence-corrected chi connectivity index (χ1v) is 7.22. The molecule has 18 heavy (non-hydrogen) atoms. The summed E-state index contributed by atoms with van der Waals surface area (Å²) in [5.41, 5.74) is 0. The maximum atomic E-state index is 5.19. The van der Waals surface area contributed by atoms with Crippen LogP contribution in [-0.4, -0.2) is 64.6 Å². The number of hydrogen-bond acceptors (Lipinski definition) is 4. The van der Waals surface area contributed by atoms with Crippen molar-refractivity contribution in [2.45, 2.75) is 39.2 Å². The zero-order valence-corrected chi connectivity index (χ0v) is 12.7. The van der Waals surface area contributed by atoms with Crippen molar-refractivity contribution in [1.29, 1.82) is 0 Å². The van der Waals surface area contributed by atoms with Crippen LogP contribution in [0.5, 0.6) is 0 Å². The van der Waals surface area contributed by atoms with E-state index in [1.165, 1.54) is 12.8 Å². The fourth-order valence-electron chi connectivity index (χ4n) is 2.18. The zero-order chi connectivity index (χ0) is 13.6. The van der Waals surface area contributed by atoms with Gasteiger partial charge in [0.15, 0.2) is 0 Å². The van der Waals surface area contributed by atoms with Gasteiger partial charge in [-0.3, -0.25) is 4.90 Å². The van der Waals surface area contributed by atoms with Crippen LogP contribution in [-0.2, 0) is 9.47 Å². The van der Waals surface area contributed by atoms with Gasteiger partial charge in [-0.2, -0.15) is 0 Å². The molecule has 0 heterocycles. The van der Waals surface area contributed by atoms with Crippen molar-refractivity contribution >= 4 is 0 Å². The van der Waals surface area contributed by atoms with Gasteiger partial charge < -0.3 is 14.8 Å². The Bertz CT molecular complexity index is 164. The Morgan fingerprint density at radius 1 is 0.944 bits per heavy atom. The molecule has 0 aromatic carbocycles. The van der Waals surface area contributed by atoms with Crippen LogP contribution in [0.1, 0.15) is 33.1 Å². The molecule has 0 rings (SSSR count). The van der Waals surface area contributed by atoms with Crippen LogP contribution in [0.3, 0.4) is 0 Å². The Kier molecular flexibility index (Phi) is 13.2. The van der Waals surface area contributed by atoms with Crippen molar-refractivity contribution in [2.75, 3.05) is 53.6 Å². The molecule has 0 aliphatic rings. The summed E-state index contributed by atoms with van der Waals surface area (Å²) in [6, 6.07) is 0.681. The molecular weight excluding hydrogens is 228 g/mol. The predicted octanol–water partition coefficient (Wildman–Crippen LogP) is 1.75. The Hall–Kier alpha value is -0.160. The number of nitrogens with one attached hydrogen (secondary N) is 1. The topological polar surface area (TPSA) is 33.7 Å². The Labute approximate surface area is 113 Å². The van der Waals surface area contributed by atoms with Crippen molar-refractivity contribution in [2.24, 2.45) is 0 Å². The van der Waals surface area contributed by atoms with Crippen molar-refractivity contribution < 1.29 is 9.47 Å². The van der Waals surface area contributed by atoms with E-state index < -0.39 is 0 Å². The highest BCUT2D eigenvalue weighted by Gasteiger charge is 2.13. The van der Waals surface area contributed by atoms with Crippen LogP contribution in [0.25, 0.3) is 0 Å². The second-order valence-electron chi connectivity index (χ2n) is 4.60. The van der Waals surface area contributed by atoms with Crippen molar-refractivity contribution in [3.05, 3.63) is 0 Å². The minimum Gasteiger partial charge on any atom is -0.385 e. The maximum absolute atomic E-state index is 5.19. The molecule has 0 atom stereocenters. The van der Waals surface area contributed by atoms with Crippen molar-refractivity contribution in [3.63, 3.8) is 0 Å². The third-order valence-electron chi connectivity index (χ3n) is 3.32. The van der Waals surface area contributed by atoms with Crippen LogP contribution in [0.4, 0.5) is 0 Å². The van der Waals surface area contributed by atoms with Gasteiger partial charge in [0, 0.05) is 46.5 Å². The normalized spacial score (nSPS) is 11.7. The van der Waals surface area contributed by atoms with Gasteiger partial charge in [0.25, 0.3) is 0 Å². The first-order chi connectivity index (χ1) is 8.79. The fourth-order valence-corrected chi connectivity index (χ4v) is 2.18. The number of rotatable bonds is 13. The Morgan fingerprint density at radius 2 is 1.61 bits per heavy atom. The molecule has 110 valence electrons. The minimum absolute atomic E-state index is 0.681. The molecular formula is C14H32N2O2. The summed E-state index contributed by atoms with van der Waals surface area (Å²) in [6.45, 7) is 10.4. The van der Waals surface area contributed by atoms with Gasteiger partial charge in [-0.1, -0.05) is 13.8 Å². The van der Waals surface area contributed by atoms with Gasteiger partial charge >= 0.3 is 0 Å². The van der Waals surface area contributed by atoms with E-state index in [9.17, 15) is 0 Å². The lowest BCUT2D eigenvalue weighted by Gasteiger charge is -2.30. The number of ether oxygens (including phenoxy) is 2. The minimum atomic E-state index is 0.681. The van der Waals surface area contributed by atoms with Gasteiger partial charge in [-0.15, -0.1) is 0 Å². The van der Waals surface area contributed by atoms with E-state index in [0.29, 0.717) is 6.04 Å². The summed E-state index contributed by atoms with van der Waals surface area (Å²) in [7, 11) is 3.52. The molecule has 0 saturated heterocycles.